The molecule has 1 saturated heterocycles. The van der Waals surface area contributed by atoms with Gasteiger partial charge in [-0.05, 0) is 49.7 Å². The summed E-state index contributed by atoms with van der Waals surface area (Å²) in [4.78, 5) is 13.9. The van der Waals surface area contributed by atoms with Gasteiger partial charge in [-0.15, -0.1) is 12.4 Å². The molecular formula is C16H22ClFN2O2. The van der Waals surface area contributed by atoms with E-state index >= 15 is 0 Å². The smallest absolute Gasteiger partial charge is 0.246 e. The number of hydrogen-bond donors (Lipinski definition) is 1. The Morgan fingerprint density at radius 2 is 2.09 bits per heavy atom. The molecule has 22 heavy (non-hydrogen) atoms. The number of nitrogens with one attached hydrogen (secondary N) is 1. The van der Waals surface area contributed by atoms with Gasteiger partial charge in [0.2, 0.25) is 5.91 Å². The summed E-state index contributed by atoms with van der Waals surface area (Å²) in [5.74, 6) is -0.290. The molecule has 0 spiro atoms. The van der Waals surface area contributed by atoms with E-state index in [1.54, 1.807) is 23.1 Å². The number of amides is 1. The monoisotopic (exact) mass is 328 g/mol. The summed E-state index contributed by atoms with van der Waals surface area (Å²) in [6.45, 7) is 1.88. The van der Waals surface area contributed by atoms with Crippen molar-refractivity contribution in [2.45, 2.75) is 18.9 Å². The first-order chi connectivity index (χ1) is 10.1. The maximum absolute atomic E-state index is 13.6. The van der Waals surface area contributed by atoms with Gasteiger partial charge >= 0.3 is 0 Å². The fourth-order valence-electron chi connectivity index (χ4n) is 2.45. The van der Waals surface area contributed by atoms with Crippen molar-refractivity contribution in [3.05, 3.63) is 35.7 Å². The summed E-state index contributed by atoms with van der Waals surface area (Å²) in [6.07, 6.45) is 5.05. The zero-order chi connectivity index (χ0) is 15.2. The molecular weight excluding hydrogens is 307 g/mol. The van der Waals surface area contributed by atoms with Crippen LogP contribution in [0.1, 0.15) is 18.4 Å². The molecule has 6 heteroatoms. The Morgan fingerprint density at radius 3 is 2.68 bits per heavy atom. The summed E-state index contributed by atoms with van der Waals surface area (Å²) < 4.78 is 18.4. The first kappa shape index (κ1) is 18.5. The van der Waals surface area contributed by atoms with E-state index in [4.69, 9.17) is 4.74 Å². The first-order valence-electron chi connectivity index (χ1n) is 7.11. The fraction of sp³-hybridized carbons (Fsp3) is 0.438. The van der Waals surface area contributed by atoms with Crippen molar-refractivity contribution in [2.24, 2.45) is 0 Å². The lowest BCUT2D eigenvalue weighted by atomic mass is 10.1. The van der Waals surface area contributed by atoms with Crippen LogP contribution in [-0.4, -0.2) is 44.1 Å². The molecule has 1 heterocycles. The average molecular weight is 329 g/mol. The molecule has 0 aliphatic carbocycles. The van der Waals surface area contributed by atoms with Gasteiger partial charge in [0.1, 0.15) is 0 Å². The molecule has 1 aromatic carbocycles. The minimum Gasteiger partial charge on any atom is -0.494 e. The average Bonchev–Trinajstić information content (AvgIpc) is 2.52. The van der Waals surface area contributed by atoms with Crippen LogP contribution in [-0.2, 0) is 4.79 Å². The number of likely N-dealkylation sites (N-methyl/N-ethyl adjacent to an activating group) is 1. The highest BCUT2D eigenvalue weighted by Gasteiger charge is 2.20. The number of piperidine rings is 1. The molecule has 0 bridgehead atoms. The van der Waals surface area contributed by atoms with Crippen molar-refractivity contribution >= 4 is 24.4 Å². The number of ether oxygens (including phenoxy) is 1. The normalized spacial score (nSPS) is 15.4. The summed E-state index contributed by atoms with van der Waals surface area (Å²) in [5.41, 5.74) is 0.639. The van der Waals surface area contributed by atoms with Gasteiger partial charge in [0.25, 0.3) is 0 Å². The Labute approximate surface area is 136 Å². The molecule has 1 fully saturated rings. The van der Waals surface area contributed by atoms with E-state index in [1.165, 1.54) is 19.3 Å². The highest BCUT2D eigenvalue weighted by Crippen LogP contribution is 2.18. The molecule has 0 saturated carbocycles. The van der Waals surface area contributed by atoms with Crippen molar-refractivity contribution in [2.75, 3.05) is 27.2 Å². The molecule has 0 aromatic heterocycles. The van der Waals surface area contributed by atoms with E-state index in [9.17, 15) is 9.18 Å². The van der Waals surface area contributed by atoms with E-state index in [1.807, 2.05) is 7.05 Å². The fourth-order valence-corrected chi connectivity index (χ4v) is 2.45. The second-order valence-electron chi connectivity index (χ2n) is 5.16. The zero-order valence-corrected chi connectivity index (χ0v) is 13.7. The maximum Gasteiger partial charge on any atom is 0.246 e. The van der Waals surface area contributed by atoms with Gasteiger partial charge < -0.3 is 15.0 Å². The van der Waals surface area contributed by atoms with Crippen molar-refractivity contribution in [3.8, 4) is 5.75 Å². The number of nitrogens with zero attached hydrogens (tertiary/aromatic N) is 1. The minimum absolute atomic E-state index is 0. The second kappa shape index (κ2) is 8.76. The minimum atomic E-state index is -0.432. The number of halogens is 2. The third-order valence-corrected chi connectivity index (χ3v) is 3.80. The van der Waals surface area contributed by atoms with Crippen LogP contribution in [0.15, 0.2) is 24.3 Å². The van der Waals surface area contributed by atoms with Crippen LogP contribution in [0.25, 0.3) is 6.08 Å². The van der Waals surface area contributed by atoms with Crippen LogP contribution in [0, 0.1) is 5.82 Å². The molecule has 2 rings (SSSR count). The molecule has 1 N–H and O–H groups in total. The van der Waals surface area contributed by atoms with Crippen molar-refractivity contribution in [1.82, 2.24) is 10.2 Å². The van der Waals surface area contributed by atoms with E-state index in [2.05, 4.69) is 5.32 Å². The third kappa shape index (κ3) is 4.71. The molecule has 1 aromatic rings. The van der Waals surface area contributed by atoms with Crippen molar-refractivity contribution in [1.29, 1.82) is 0 Å². The lowest BCUT2D eigenvalue weighted by Gasteiger charge is -2.30. The van der Waals surface area contributed by atoms with E-state index in [-0.39, 0.29) is 30.1 Å². The summed E-state index contributed by atoms with van der Waals surface area (Å²) in [7, 11) is 3.24. The number of carbonyl (C=O) groups excluding carboxylic acids is 1. The van der Waals surface area contributed by atoms with Gasteiger partial charge in [-0.2, -0.15) is 0 Å². The Morgan fingerprint density at radius 1 is 1.41 bits per heavy atom. The lowest BCUT2D eigenvalue weighted by Crippen LogP contribution is -2.43. The standard InChI is InChI=1S/C16H21FN2O2.ClH/c1-19(13-7-9-18-10-8-13)16(20)6-4-12-3-5-15(21-2)14(17)11-12;/h3-6,11,13,18H,7-10H2,1-2H3;1H. The van der Waals surface area contributed by atoms with Gasteiger partial charge in [-0.1, -0.05) is 6.07 Å². The van der Waals surface area contributed by atoms with Gasteiger partial charge in [0, 0.05) is 19.2 Å². The Balaban J connectivity index is 0.00000242. The lowest BCUT2D eigenvalue weighted by molar-refractivity contribution is -0.127. The molecule has 0 radical (unpaired) electrons. The van der Waals surface area contributed by atoms with Gasteiger partial charge in [-0.3, -0.25) is 4.79 Å². The quantitative estimate of drug-likeness (QED) is 0.863. The molecule has 4 nitrogen and oxygen atoms in total. The van der Waals surface area contributed by atoms with E-state index in [0.717, 1.165) is 25.9 Å². The Hall–Kier alpha value is -1.59. The number of rotatable bonds is 4. The van der Waals surface area contributed by atoms with E-state index in [0.29, 0.717) is 5.56 Å². The van der Waals surface area contributed by atoms with Gasteiger partial charge in [0.05, 0.1) is 7.11 Å². The zero-order valence-electron chi connectivity index (χ0n) is 12.8. The molecule has 1 amide bonds. The highest BCUT2D eigenvalue weighted by molar-refractivity contribution is 5.91. The van der Waals surface area contributed by atoms with Crippen LogP contribution in [0.3, 0.4) is 0 Å². The topological polar surface area (TPSA) is 41.6 Å². The molecule has 1 aliphatic heterocycles. The largest absolute Gasteiger partial charge is 0.494 e. The van der Waals surface area contributed by atoms with Crippen LogP contribution in [0.2, 0.25) is 0 Å². The van der Waals surface area contributed by atoms with Crippen molar-refractivity contribution in [3.63, 3.8) is 0 Å². The number of methoxy groups -OCH3 is 1. The van der Waals surface area contributed by atoms with Crippen LogP contribution >= 0.6 is 12.4 Å². The van der Waals surface area contributed by atoms with Crippen molar-refractivity contribution < 1.29 is 13.9 Å². The summed E-state index contributed by atoms with van der Waals surface area (Å²) in [5, 5.41) is 3.27. The maximum atomic E-state index is 13.6. The predicted molar refractivity (Wildman–Crippen MR) is 87.9 cm³/mol. The molecule has 0 unspecified atom stereocenters. The SMILES string of the molecule is COc1ccc(C=CC(=O)N(C)C2CCNCC2)cc1F.Cl. The molecule has 0 atom stereocenters. The van der Waals surface area contributed by atoms with Crippen LogP contribution in [0.4, 0.5) is 4.39 Å². The third-order valence-electron chi connectivity index (χ3n) is 3.80. The number of carbonyl (C=O) groups is 1. The summed E-state index contributed by atoms with van der Waals surface area (Å²) in [6, 6.07) is 4.90. The van der Waals surface area contributed by atoms with Gasteiger partial charge in [-0.25, -0.2) is 4.39 Å². The molecule has 122 valence electrons. The highest BCUT2D eigenvalue weighted by atomic mass is 35.5. The van der Waals surface area contributed by atoms with Crippen LogP contribution < -0.4 is 10.1 Å². The Kier molecular flexibility index (Phi) is 7.35. The number of benzene rings is 1. The first-order valence-corrected chi connectivity index (χ1v) is 7.11. The number of hydrogen-bond acceptors (Lipinski definition) is 3. The van der Waals surface area contributed by atoms with E-state index < -0.39 is 5.82 Å². The summed E-state index contributed by atoms with van der Waals surface area (Å²) >= 11 is 0. The van der Waals surface area contributed by atoms with Gasteiger partial charge in [0.15, 0.2) is 11.6 Å². The predicted octanol–water partition coefficient (Wildman–Crippen LogP) is 2.48. The second-order valence-corrected chi connectivity index (χ2v) is 5.16. The molecule has 1 aliphatic rings. The Bertz CT molecular complexity index is 531. The van der Waals surface area contributed by atoms with Crippen LogP contribution in [0.5, 0.6) is 5.75 Å².